The zero-order valence-electron chi connectivity index (χ0n) is 20.2. The van der Waals surface area contributed by atoms with Crippen molar-refractivity contribution in [3.8, 4) is 33.6 Å². The van der Waals surface area contributed by atoms with Crippen LogP contribution in [0.1, 0.15) is 26.2 Å². The fraction of sp³-hybridized carbons (Fsp3) is 0.143. The fourth-order valence-corrected chi connectivity index (χ4v) is 4.43. The summed E-state index contributed by atoms with van der Waals surface area (Å²) in [5.41, 5.74) is 7.57. The number of nitrogens with one attached hydrogen (secondary N) is 3. The number of fused-ring (bicyclic) bond motifs is 2. The normalized spacial score (nSPS) is 11.3. The van der Waals surface area contributed by atoms with Gasteiger partial charge in [-0.15, -0.1) is 0 Å². The van der Waals surface area contributed by atoms with E-state index < -0.39 is 0 Å². The van der Waals surface area contributed by atoms with Gasteiger partial charge in [0, 0.05) is 59.3 Å². The van der Waals surface area contributed by atoms with E-state index in [0.29, 0.717) is 17.8 Å². The van der Waals surface area contributed by atoms with Gasteiger partial charge in [0.2, 0.25) is 5.91 Å². The first-order chi connectivity index (χ1) is 18.2. The van der Waals surface area contributed by atoms with E-state index in [0.717, 1.165) is 62.9 Å². The smallest absolute Gasteiger partial charge is 0.224 e. The van der Waals surface area contributed by atoms with Crippen LogP contribution < -0.4 is 5.32 Å². The Balaban J connectivity index is 1.37. The van der Waals surface area contributed by atoms with Gasteiger partial charge in [-0.05, 0) is 53.9 Å². The zero-order chi connectivity index (χ0) is 25.2. The van der Waals surface area contributed by atoms with E-state index in [1.807, 2.05) is 30.3 Å². The molecule has 0 radical (unpaired) electrons. The molecular weight excluding hydrogens is 464 g/mol. The van der Waals surface area contributed by atoms with Crippen LogP contribution in [0.3, 0.4) is 0 Å². The van der Waals surface area contributed by atoms with Crippen molar-refractivity contribution < 1.29 is 4.79 Å². The number of pyridine rings is 4. The van der Waals surface area contributed by atoms with E-state index in [-0.39, 0.29) is 5.91 Å². The number of rotatable bonds is 7. The van der Waals surface area contributed by atoms with Crippen LogP contribution in [0.25, 0.3) is 55.7 Å². The SMILES string of the molecule is CCCCC(=O)Nc1cncc(-c2cnc3[nH]nc(-c4cc5c(-c6ccncc6)ccnc5[nH]4)c3c2)c1. The lowest BCUT2D eigenvalue weighted by Gasteiger charge is -2.07. The third-order valence-electron chi connectivity index (χ3n) is 6.31. The Morgan fingerprint density at radius 3 is 2.59 bits per heavy atom. The molecule has 0 bridgehead atoms. The molecule has 0 aliphatic rings. The summed E-state index contributed by atoms with van der Waals surface area (Å²) >= 11 is 0. The summed E-state index contributed by atoms with van der Waals surface area (Å²) in [4.78, 5) is 33.1. The van der Waals surface area contributed by atoms with Gasteiger partial charge < -0.3 is 10.3 Å². The number of carbonyl (C=O) groups excluding carboxylic acids is 1. The molecule has 9 heteroatoms. The lowest BCUT2D eigenvalue weighted by atomic mass is 10.0. The molecule has 37 heavy (non-hydrogen) atoms. The minimum Gasteiger partial charge on any atom is -0.338 e. The lowest BCUT2D eigenvalue weighted by molar-refractivity contribution is -0.116. The number of H-pyrrole nitrogens is 2. The second kappa shape index (κ2) is 9.62. The van der Waals surface area contributed by atoms with Crippen molar-refractivity contribution in [3.63, 3.8) is 0 Å². The number of nitrogens with zero attached hydrogens (tertiary/aromatic N) is 5. The maximum absolute atomic E-state index is 12.2. The predicted molar refractivity (Wildman–Crippen MR) is 144 cm³/mol. The van der Waals surface area contributed by atoms with Crippen LogP contribution in [-0.4, -0.2) is 41.0 Å². The monoisotopic (exact) mass is 488 g/mol. The summed E-state index contributed by atoms with van der Waals surface area (Å²) in [5, 5.41) is 12.4. The summed E-state index contributed by atoms with van der Waals surface area (Å²) in [6.45, 7) is 2.06. The first-order valence-electron chi connectivity index (χ1n) is 12.2. The first kappa shape index (κ1) is 22.5. The highest BCUT2D eigenvalue weighted by molar-refractivity contribution is 6.00. The van der Waals surface area contributed by atoms with Crippen LogP contribution in [0.5, 0.6) is 0 Å². The summed E-state index contributed by atoms with van der Waals surface area (Å²) in [5.74, 6) is -0.00921. The van der Waals surface area contributed by atoms with E-state index in [4.69, 9.17) is 0 Å². The van der Waals surface area contributed by atoms with Gasteiger partial charge in [-0.1, -0.05) is 13.3 Å². The number of aromatic amines is 2. The van der Waals surface area contributed by atoms with Gasteiger partial charge in [-0.25, -0.2) is 9.97 Å². The Kier molecular flexibility index (Phi) is 5.86. The third-order valence-corrected chi connectivity index (χ3v) is 6.31. The van der Waals surface area contributed by atoms with Crippen molar-refractivity contribution in [2.75, 3.05) is 5.32 Å². The minimum absolute atomic E-state index is 0.00921. The van der Waals surface area contributed by atoms with Gasteiger partial charge in [-0.2, -0.15) is 5.10 Å². The molecule has 0 aliphatic heterocycles. The van der Waals surface area contributed by atoms with Gasteiger partial charge in [0.25, 0.3) is 0 Å². The Bertz CT molecular complexity index is 1720. The standard InChI is InChI=1S/C28H24N8O/c1-2-3-4-25(37)33-20-11-18(14-30-16-20)19-12-23-26(35-36-28(23)32-15-19)24-13-22-21(7-10-31-27(22)34-24)17-5-8-29-9-6-17/h5-16H,2-4H2,1H3,(H,31,34)(H,33,37)(H,32,35,36). The molecule has 0 saturated heterocycles. The molecule has 0 aromatic carbocycles. The predicted octanol–water partition coefficient (Wildman–Crippen LogP) is 5.75. The molecule has 6 rings (SSSR count). The van der Waals surface area contributed by atoms with Crippen molar-refractivity contribution >= 4 is 33.7 Å². The number of hydrogen-bond acceptors (Lipinski definition) is 6. The van der Waals surface area contributed by atoms with Crippen LogP contribution >= 0.6 is 0 Å². The van der Waals surface area contributed by atoms with Crippen molar-refractivity contribution in [1.29, 1.82) is 0 Å². The van der Waals surface area contributed by atoms with E-state index in [2.05, 4.69) is 53.4 Å². The molecule has 6 aromatic rings. The fourth-order valence-electron chi connectivity index (χ4n) is 4.43. The Labute approximate surface area is 212 Å². The molecular formula is C28H24N8O. The molecule has 3 N–H and O–H groups in total. The Hall–Kier alpha value is -4.92. The van der Waals surface area contributed by atoms with Crippen LogP contribution in [0.2, 0.25) is 0 Å². The van der Waals surface area contributed by atoms with E-state index >= 15 is 0 Å². The van der Waals surface area contributed by atoms with Crippen LogP contribution in [0.4, 0.5) is 5.69 Å². The number of carbonyl (C=O) groups is 1. The van der Waals surface area contributed by atoms with Crippen molar-refractivity contribution in [2.24, 2.45) is 0 Å². The number of hydrogen-bond donors (Lipinski definition) is 3. The van der Waals surface area contributed by atoms with Gasteiger partial charge in [0.05, 0.1) is 17.6 Å². The molecule has 9 nitrogen and oxygen atoms in total. The molecule has 6 aromatic heterocycles. The molecule has 6 heterocycles. The van der Waals surface area contributed by atoms with E-state index in [9.17, 15) is 4.79 Å². The molecule has 0 saturated carbocycles. The highest BCUT2D eigenvalue weighted by Crippen LogP contribution is 2.34. The molecule has 182 valence electrons. The highest BCUT2D eigenvalue weighted by atomic mass is 16.1. The average molecular weight is 489 g/mol. The molecule has 0 unspecified atom stereocenters. The number of aromatic nitrogens is 7. The molecule has 0 aliphatic carbocycles. The number of amides is 1. The van der Waals surface area contributed by atoms with Crippen LogP contribution in [-0.2, 0) is 4.79 Å². The summed E-state index contributed by atoms with van der Waals surface area (Å²) in [6, 6.07) is 12.0. The van der Waals surface area contributed by atoms with Crippen LogP contribution in [0.15, 0.2) is 73.6 Å². The molecule has 0 spiro atoms. The molecule has 0 atom stereocenters. The van der Waals surface area contributed by atoms with Crippen LogP contribution in [0, 0.1) is 0 Å². The summed E-state index contributed by atoms with van der Waals surface area (Å²) < 4.78 is 0. The van der Waals surface area contributed by atoms with Gasteiger partial charge in [-0.3, -0.25) is 19.9 Å². The van der Waals surface area contributed by atoms with E-state index in [1.165, 1.54) is 0 Å². The topological polar surface area (TPSA) is 125 Å². The van der Waals surface area contributed by atoms with Gasteiger partial charge in [0.1, 0.15) is 11.3 Å². The summed E-state index contributed by atoms with van der Waals surface area (Å²) in [6.07, 6.45) is 12.9. The number of unbranched alkanes of at least 4 members (excludes halogenated alkanes) is 1. The zero-order valence-corrected chi connectivity index (χ0v) is 20.2. The maximum atomic E-state index is 12.2. The largest absolute Gasteiger partial charge is 0.338 e. The number of anilines is 1. The Morgan fingerprint density at radius 2 is 1.73 bits per heavy atom. The quantitative estimate of drug-likeness (QED) is 0.263. The van der Waals surface area contributed by atoms with Gasteiger partial charge >= 0.3 is 0 Å². The third kappa shape index (κ3) is 4.42. The van der Waals surface area contributed by atoms with Crippen molar-refractivity contribution in [1.82, 2.24) is 35.1 Å². The van der Waals surface area contributed by atoms with Gasteiger partial charge in [0.15, 0.2) is 5.65 Å². The molecule has 1 amide bonds. The van der Waals surface area contributed by atoms with E-state index in [1.54, 1.807) is 37.2 Å². The minimum atomic E-state index is -0.00921. The highest BCUT2D eigenvalue weighted by Gasteiger charge is 2.16. The Morgan fingerprint density at radius 1 is 0.865 bits per heavy atom. The second-order valence-corrected chi connectivity index (χ2v) is 8.85. The van der Waals surface area contributed by atoms with Crippen molar-refractivity contribution in [2.45, 2.75) is 26.2 Å². The maximum Gasteiger partial charge on any atom is 0.224 e. The lowest BCUT2D eigenvalue weighted by Crippen LogP contribution is -2.11. The first-order valence-corrected chi connectivity index (χ1v) is 12.2. The summed E-state index contributed by atoms with van der Waals surface area (Å²) in [7, 11) is 0. The molecule has 0 fully saturated rings. The second-order valence-electron chi connectivity index (χ2n) is 8.85. The average Bonchev–Trinajstić information content (AvgIpc) is 3.56. The van der Waals surface area contributed by atoms with Crippen molar-refractivity contribution in [3.05, 3.63) is 73.6 Å².